The highest BCUT2D eigenvalue weighted by atomic mass is 16.5. The molecule has 1 amide bonds. The van der Waals surface area contributed by atoms with Crippen molar-refractivity contribution in [1.82, 2.24) is 4.90 Å². The molecule has 0 fully saturated rings. The molecule has 1 N–H and O–H groups in total. The molecule has 4 heteroatoms. The summed E-state index contributed by atoms with van der Waals surface area (Å²) in [5, 5.41) is 8.96. The molecule has 0 aliphatic heterocycles. The van der Waals surface area contributed by atoms with Crippen LogP contribution < -0.4 is 0 Å². The number of amides is 1. The van der Waals surface area contributed by atoms with Crippen molar-refractivity contribution in [2.75, 3.05) is 26.9 Å². The van der Waals surface area contributed by atoms with Crippen LogP contribution in [0.25, 0.3) is 0 Å². The number of carbonyl (C=O) groups is 1. The van der Waals surface area contributed by atoms with Gasteiger partial charge in [0, 0.05) is 20.2 Å². The van der Waals surface area contributed by atoms with Crippen LogP contribution in [0.4, 0.5) is 0 Å². The number of ether oxygens (including phenoxy) is 1. The predicted molar refractivity (Wildman–Crippen MR) is 65.4 cm³/mol. The summed E-state index contributed by atoms with van der Waals surface area (Å²) in [7, 11) is 1.57. The number of methoxy groups -OCH3 is 1. The van der Waals surface area contributed by atoms with E-state index < -0.39 is 0 Å². The van der Waals surface area contributed by atoms with Crippen LogP contribution >= 0.6 is 0 Å². The van der Waals surface area contributed by atoms with E-state index in [2.05, 4.69) is 0 Å². The SMILES string of the molecule is COCCC(=O)N(CCO)Cc1ccccc1. The third kappa shape index (κ3) is 4.97. The molecule has 1 aromatic rings. The van der Waals surface area contributed by atoms with Gasteiger partial charge in [-0.1, -0.05) is 30.3 Å². The first-order valence-corrected chi connectivity index (χ1v) is 5.69. The molecule has 4 nitrogen and oxygen atoms in total. The molecule has 1 rings (SSSR count). The van der Waals surface area contributed by atoms with Crippen LogP contribution in [0.15, 0.2) is 30.3 Å². The van der Waals surface area contributed by atoms with Gasteiger partial charge in [0.05, 0.1) is 19.6 Å². The monoisotopic (exact) mass is 237 g/mol. The fourth-order valence-electron chi connectivity index (χ4n) is 1.56. The molecule has 17 heavy (non-hydrogen) atoms. The minimum absolute atomic E-state index is 0.00440. The second-order valence-electron chi connectivity index (χ2n) is 3.77. The Balaban J connectivity index is 2.56. The number of aliphatic hydroxyl groups is 1. The van der Waals surface area contributed by atoms with Crippen molar-refractivity contribution in [3.05, 3.63) is 35.9 Å². The van der Waals surface area contributed by atoms with E-state index in [-0.39, 0.29) is 12.5 Å². The lowest BCUT2D eigenvalue weighted by Crippen LogP contribution is -2.33. The summed E-state index contributed by atoms with van der Waals surface area (Å²) in [6, 6.07) is 9.74. The highest BCUT2D eigenvalue weighted by Gasteiger charge is 2.12. The van der Waals surface area contributed by atoms with Gasteiger partial charge in [-0.3, -0.25) is 4.79 Å². The second-order valence-corrected chi connectivity index (χ2v) is 3.77. The van der Waals surface area contributed by atoms with E-state index in [4.69, 9.17) is 9.84 Å². The Hall–Kier alpha value is -1.39. The lowest BCUT2D eigenvalue weighted by atomic mass is 10.2. The zero-order valence-corrected chi connectivity index (χ0v) is 10.1. The van der Waals surface area contributed by atoms with Crippen molar-refractivity contribution in [2.45, 2.75) is 13.0 Å². The van der Waals surface area contributed by atoms with Crippen molar-refractivity contribution >= 4 is 5.91 Å². The van der Waals surface area contributed by atoms with Gasteiger partial charge in [-0.2, -0.15) is 0 Å². The quantitative estimate of drug-likeness (QED) is 0.771. The Labute approximate surface area is 102 Å². The van der Waals surface area contributed by atoms with Gasteiger partial charge in [-0.15, -0.1) is 0 Å². The minimum Gasteiger partial charge on any atom is -0.395 e. The third-order valence-electron chi connectivity index (χ3n) is 2.46. The molecule has 0 saturated carbocycles. The summed E-state index contributed by atoms with van der Waals surface area (Å²) in [5.41, 5.74) is 1.06. The van der Waals surface area contributed by atoms with E-state index in [0.717, 1.165) is 5.56 Å². The van der Waals surface area contributed by atoms with Crippen LogP contribution in [0.3, 0.4) is 0 Å². The number of hydrogen-bond donors (Lipinski definition) is 1. The molecule has 1 aromatic carbocycles. The first-order chi connectivity index (χ1) is 8.27. The van der Waals surface area contributed by atoms with Crippen LogP contribution in [-0.4, -0.2) is 42.8 Å². The highest BCUT2D eigenvalue weighted by Crippen LogP contribution is 2.05. The van der Waals surface area contributed by atoms with E-state index in [9.17, 15) is 4.79 Å². The molecular formula is C13H19NO3. The second kappa shape index (κ2) is 7.81. The third-order valence-corrected chi connectivity index (χ3v) is 2.46. The maximum atomic E-state index is 11.8. The number of rotatable bonds is 7. The van der Waals surface area contributed by atoms with E-state index in [1.807, 2.05) is 30.3 Å². The van der Waals surface area contributed by atoms with Gasteiger partial charge in [0.15, 0.2) is 0 Å². The average molecular weight is 237 g/mol. The van der Waals surface area contributed by atoms with E-state index in [0.29, 0.717) is 26.1 Å². The Morgan fingerprint density at radius 2 is 2.06 bits per heavy atom. The molecule has 0 heterocycles. The first-order valence-electron chi connectivity index (χ1n) is 5.69. The van der Waals surface area contributed by atoms with Gasteiger partial charge in [0.1, 0.15) is 0 Å². The van der Waals surface area contributed by atoms with E-state index in [1.54, 1.807) is 12.0 Å². The summed E-state index contributed by atoms with van der Waals surface area (Å²) in [6.07, 6.45) is 0.351. The number of benzene rings is 1. The van der Waals surface area contributed by atoms with Crippen LogP contribution in [0.2, 0.25) is 0 Å². The maximum Gasteiger partial charge on any atom is 0.225 e. The van der Waals surface area contributed by atoms with Crippen molar-refractivity contribution in [3.63, 3.8) is 0 Å². The summed E-state index contributed by atoms with van der Waals surface area (Å²) in [6.45, 7) is 1.28. The molecule has 0 unspecified atom stereocenters. The van der Waals surface area contributed by atoms with Gasteiger partial charge in [0.2, 0.25) is 5.91 Å². The number of hydrogen-bond acceptors (Lipinski definition) is 3. The molecule has 0 radical (unpaired) electrons. The molecule has 0 aromatic heterocycles. The molecule has 94 valence electrons. The molecule has 0 aliphatic rings. The smallest absolute Gasteiger partial charge is 0.225 e. The van der Waals surface area contributed by atoms with Crippen molar-refractivity contribution in [3.8, 4) is 0 Å². The van der Waals surface area contributed by atoms with E-state index >= 15 is 0 Å². The van der Waals surface area contributed by atoms with Crippen molar-refractivity contribution in [1.29, 1.82) is 0 Å². The minimum atomic E-state index is -0.0223. The molecule has 0 aliphatic carbocycles. The zero-order valence-electron chi connectivity index (χ0n) is 10.1. The van der Waals surface area contributed by atoms with E-state index in [1.165, 1.54) is 0 Å². The zero-order chi connectivity index (χ0) is 12.5. The van der Waals surface area contributed by atoms with Gasteiger partial charge in [-0.05, 0) is 5.56 Å². The van der Waals surface area contributed by atoms with Gasteiger partial charge < -0.3 is 14.7 Å². The van der Waals surface area contributed by atoms with Crippen molar-refractivity contribution in [2.24, 2.45) is 0 Å². The van der Waals surface area contributed by atoms with Crippen LogP contribution in [0, 0.1) is 0 Å². The van der Waals surface area contributed by atoms with Crippen molar-refractivity contribution < 1.29 is 14.6 Å². The Morgan fingerprint density at radius 3 is 2.65 bits per heavy atom. The Kier molecular flexibility index (Phi) is 6.29. The number of nitrogens with zero attached hydrogens (tertiary/aromatic N) is 1. The highest BCUT2D eigenvalue weighted by molar-refractivity contribution is 5.76. The molecule has 0 bridgehead atoms. The molecule has 0 spiro atoms. The fraction of sp³-hybridized carbons (Fsp3) is 0.462. The standard InChI is InChI=1S/C13H19NO3/c1-17-10-7-13(16)14(8-9-15)11-12-5-3-2-4-6-12/h2-6,15H,7-11H2,1H3. The maximum absolute atomic E-state index is 11.8. The van der Waals surface area contributed by atoms with Crippen LogP contribution in [-0.2, 0) is 16.1 Å². The number of aliphatic hydroxyl groups excluding tert-OH is 1. The topological polar surface area (TPSA) is 49.8 Å². The van der Waals surface area contributed by atoms with Gasteiger partial charge in [-0.25, -0.2) is 0 Å². The molecular weight excluding hydrogens is 218 g/mol. The Bertz CT molecular complexity index is 327. The molecule has 0 saturated heterocycles. The lowest BCUT2D eigenvalue weighted by molar-refractivity contribution is -0.133. The Morgan fingerprint density at radius 1 is 1.35 bits per heavy atom. The summed E-state index contributed by atoms with van der Waals surface area (Å²) in [5.74, 6) is 0.00440. The lowest BCUT2D eigenvalue weighted by Gasteiger charge is -2.21. The summed E-state index contributed by atoms with van der Waals surface area (Å²) < 4.78 is 4.88. The first kappa shape index (κ1) is 13.7. The van der Waals surface area contributed by atoms with Gasteiger partial charge >= 0.3 is 0 Å². The van der Waals surface area contributed by atoms with Crippen LogP contribution in [0.5, 0.6) is 0 Å². The van der Waals surface area contributed by atoms with Crippen LogP contribution in [0.1, 0.15) is 12.0 Å². The summed E-state index contributed by atoms with van der Waals surface area (Å²) in [4.78, 5) is 13.5. The fourth-order valence-corrected chi connectivity index (χ4v) is 1.56. The molecule has 0 atom stereocenters. The number of carbonyl (C=O) groups excluding carboxylic acids is 1. The largest absolute Gasteiger partial charge is 0.395 e. The predicted octanol–water partition coefficient (Wildman–Crippen LogP) is 1.04. The summed E-state index contributed by atoms with van der Waals surface area (Å²) >= 11 is 0. The van der Waals surface area contributed by atoms with Gasteiger partial charge in [0.25, 0.3) is 0 Å². The normalized spacial score (nSPS) is 10.2. The average Bonchev–Trinajstić information content (AvgIpc) is 2.36.